The number of nitrogens with zero attached hydrogens (tertiary/aromatic N) is 1. The van der Waals surface area contributed by atoms with Gasteiger partial charge in [-0.3, -0.25) is 4.79 Å². The van der Waals surface area contributed by atoms with Crippen LogP contribution in [0.3, 0.4) is 0 Å². The lowest BCUT2D eigenvalue weighted by Crippen LogP contribution is -2.53. The van der Waals surface area contributed by atoms with Crippen LogP contribution >= 0.6 is 0 Å². The van der Waals surface area contributed by atoms with Gasteiger partial charge in [-0.05, 0) is 57.1 Å². The highest BCUT2D eigenvalue weighted by Crippen LogP contribution is 2.49. The van der Waals surface area contributed by atoms with Crippen LogP contribution in [-0.2, 0) is 10.2 Å². The first-order chi connectivity index (χ1) is 11.1. The van der Waals surface area contributed by atoms with Gasteiger partial charge in [0.05, 0.1) is 5.41 Å². The van der Waals surface area contributed by atoms with Crippen LogP contribution in [0.2, 0.25) is 0 Å². The molecule has 126 valence electrons. The van der Waals surface area contributed by atoms with Crippen molar-refractivity contribution in [3.8, 4) is 0 Å². The molecular weight excluding hydrogens is 284 g/mol. The van der Waals surface area contributed by atoms with Crippen LogP contribution in [-0.4, -0.2) is 29.9 Å². The molecule has 0 aromatic heterocycles. The van der Waals surface area contributed by atoms with Gasteiger partial charge in [0.2, 0.25) is 5.91 Å². The first-order valence-corrected chi connectivity index (χ1v) is 9.16. The summed E-state index contributed by atoms with van der Waals surface area (Å²) < 4.78 is 0. The third-order valence-corrected chi connectivity index (χ3v) is 6.25. The Morgan fingerprint density at radius 3 is 2.30 bits per heavy atom. The van der Waals surface area contributed by atoms with Crippen LogP contribution in [0.25, 0.3) is 0 Å². The largest absolute Gasteiger partial charge is 0.369 e. The second kappa shape index (κ2) is 6.64. The lowest BCUT2D eigenvalue weighted by atomic mass is 9.61. The second-order valence-electron chi connectivity index (χ2n) is 7.65. The Morgan fingerprint density at radius 1 is 1.13 bits per heavy atom. The molecule has 0 spiro atoms. The Hall–Kier alpha value is -1.35. The van der Waals surface area contributed by atoms with Gasteiger partial charge in [-0.2, -0.15) is 0 Å². The van der Waals surface area contributed by atoms with Crippen LogP contribution in [0.5, 0.6) is 0 Å². The number of hydrogen-bond donors (Lipinski definition) is 1. The minimum Gasteiger partial charge on any atom is -0.369 e. The van der Waals surface area contributed by atoms with E-state index in [1.165, 1.54) is 12.8 Å². The first-order valence-electron chi connectivity index (χ1n) is 9.16. The number of amides is 1. The van der Waals surface area contributed by atoms with Crippen molar-refractivity contribution in [2.24, 2.45) is 17.6 Å². The zero-order valence-corrected chi connectivity index (χ0v) is 14.5. The molecule has 2 atom stereocenters. The summed E-state index contributed by atoms with van der Waals surface area (Å²) in [5.41, 5.74) is 6.79. The third kappa shape index (κ3) is 2.80. The lowest BCUT2D eigenvalue weighted by Gasteiger charge is -2.42. The van der Waals surface area contributed by atoms with Gasteiger partial charge >= 0.3 is 0 Å². The van der Waals surface area contributed by atoms with Crippen LogP contribution in [0.1, 0.15) is 51.5 Å². The predicted octanol–water partition coefficient (Wildman–Crippen LogP) is 3.33. The lowest BCUT2D eigenvalue weighted by molar-refractivity contribution is -0.128. The molecule has 2 aliphatic rings. The summed E-state index contributed by atoms with van der Waals surface area (Å²) in [6.45, 7) is 6.56. The van der Waals surface area contributed by atoms with Crippen molar-refractivity contribution in [3.05, 3.63) is 35.9 Å². The highest BCUT2D eigenvalue weighted by molar-refractivity contribution is 5.87. The van der Waals surface area contributed by atoms with E-state index in [9.17, 15) is 4.79 Å². The summed E-state index contributed by atoms with van der Waals surface area (Å²) in [5, 5.41) is 0. The predicted molar refractivity (Wildman–Crippen MR) is 94.1 cm³/mol. The van der Waals surface area contributed by atoms with E-state index >= 15 is 0 Å². The van der Waals surface area contributed by atoms with Crippen molar-refractivity contribution in [2.45, 2.75) is 57.4 Å². The van der Waals surface area contributed by atoms with Gasteiger partial charge in [-0.25, -0.2) is 0 Å². The number of hydrogen-bond acceptors (Lipinski definition) is 2. The number of rotatable bonds is 5. The molecule has 3 rings (SSSR count). The first kappa shape index (κ1) is 16.5. The fourth-order valence-electron chi connectivity index (χ4n) is 5.07. The molecule has 1 amide bonds. The van der Waals surface area contributed by atoms with E-state index in [0.29, 0.717) is 17.9 Å². The maximum atomic E-state index is 12.9. The molecule has 3 heteroatoms. The average Bonchev–Trinajstić information content (AvgIpc) is 3.21. The molecule has 1 heterocycles. The number of likely N-dealkylation sites (tertiary alicyclic amines) is 1. The molecule has 2 N–H and O–H groups in total. The minimum absolute atomic E-state index is 0.105. The summed E-state index contributed by atoms with van der Waals surface area (Å²) in [5.74, 6) is 0.638. The van der Waals surface area contributed by atoms with Crippen molar-refractivity contribution < 1.29 is 4.79 Å². The SMILES string of the molecule is CC(C)N1CC[C@@H]([C@](C(N)=O)(c2ccccc2)C2CCCC2)C1. The Balaban J connectivity index is 2.04. The molecule has 1 aromatic rings. The summed E-state index contributed by atoms with van der Waals surface area (Å²) in [6.07, 6.45) is 5.80. The van der Waals surface area contributed by atoms with Gasteiger partial charge < -0.3 is 10.6 Å². The smallest absolute Gasteiger partial charge is 0.228 e. The van der Waals surface area contributed by atoms with E-state index in [2.05, 4.69) is 43.0 Å². The quantitative estimate of drug-likeness (QED) is 0.906. The molecule has 1 saturated heterocycles. The highest BCUT2D eigenvalue weighted by Gasteiger charge is 2.53. The summed E-state index contributed by atoms with van der Waals surface area (Å²) in [7, 11) is 0. The van der Waals surface area contributed by atoms with Crippen molar-refractivity contribution >= 4 is 5.91 Å². The van der Waals surface area contributed by atoms with Crippen LogP contribution in [0, 0.1) is 11.8 Å². The maximum absolute atomic E-state index is 12.9. The molecule has 2 fully saturated rings. The average molecular weight is 314 g/mol. The molecule has 0 radical (unpaired) electrons. The Labute approximate surface area is 140 Å². The van der Waals surface area contributed by atoms with E-state index in [-0.39, 0.29) is 5.91 Å². The number of nitrogens with two attached hydrogens (primary N) is 1. The van der Waals surface area contributed by atoms with Crippen molar-refractivity contribution in [1.82, 2.24) is 4.90 Å². The third-order valence-electron chi connectivity index (χ3n) is 6.25. The highest BCUT2D eigenvalue weighted by atomic mass is 16.1. The summed E-state index contributed by atoms with van der Waals surface area (Å²) in [6, 6.07) is 10.9. The van der Waals surface area contributed by atoms with E-state index < -0.39 is 5.41 Å². The van der Waals surface area contributed by atoms with E-state index in [4.69, 9.17) is 5.73 Å². The summed E-state index contributed by atoms with van der Waals surface area (Å²) >= 11 is 0. The Kier molecular flexibility index (Phi) is 4.77. The van der Waals surface area contributed by atoms with E-state index in [1.54, 1.807) is 0 Å². The van der Waals surface area contributed by atoms with Gasteiger partial charge in [0.15, 0.2) is 0 Å². The van der Waals surface area contributed by atoms with Gasteiger partial charge in [-0.1, -0.05) is 43.2 Å². The van der Waals surface area contributed by atoms with Gasteiger partial charge in [0, 0.05) is 12.6 Å². The van der Waals surface area contributed by atoms with Gasteiger partial charge in [0.1, 0.15) is 0 Å². The van der Waals surface area contributed by atoms with E-state index in [1.807, 2.05) is 6.07 Å². The number of carbonyl (C=O) groups excluding carboxylic acids is 1. The topological polar surface area (TPSA) is 46.3 Å². The van der Waals surface area contributed by atoms with Crippen molar-refractivity contribution in [2.75, 3.05) is 13.1 Å². The molecular formula is C20H30N2O. The van der Waals surface area contributed by atoms with Crippen LogP contribution in [0.4, 0.5) is 0 Å². The molecule has 0 bridgehead atoms. The Morgan fingerprint density at radius 2 is 1.78 bits per heavy atom. The fourth-order valence-corrected chi connectivity index (χ4v) is 5.07. The van der Waals surface area contributed by atoms with Crippen LogP contribution < -0.4 is 5.73 Å². The van der Waals surface area contributed by atoms with Gasteiger partial charge in [-0.15, -0.1) is 0 Å². The second-order valence-corrected chi connectivity index (χ2v) is 7.65. The summed E-state index contributed by atoms with van der Waals surface area (Å²) in [4.78, 5) is 15.4. The van der Waals surface area contributed by atoms with Crippen molar-refractivity contribution in [3.63, 3.8) is 0 Å². The maximum Gasteiger partial charge on any atom is 0.228 e. The number of primary amides is 1. The molecule has 0 unspecified atom stereocenters. The zero-order valence-electron chi connectivity index (χ0n) is 14.5. The minimum atomic E-state index is -0.485. The molecule has 1 aliphatic carbocycles. The molecule has 1 saturated carbocycles. The fraction of sp³-hybridized carbons (Fsp3) is 0.650. The molecule has 23 heavy (non-hydrogen) atoms. The normalized spacial score (nSPS) is 25.8. The number of benzene rings is 1. The zero-order chi connectivity index (χ0) is 16.4. The van der Waals surface area contributed by atoms with Gasteiger partial charge in [0.25, 0.3) is 0 Å². The molecule has 1 aliphatic heterocycles. The van der Waals surface area contributed by atoms with Crippen LogP contribution in [0.15, 0.2) is 30.3 Å². The number of carbonyl (C=O) groups is 1. The molecule has 3 nitrogen and oxygen atoms in total. The monoisotopic (exact) mass is 314 g/mol. The van der Waals surface area contributed by atoms with Crippen molar-refractivity contribution in [1.29, 1.82) is 0 Å². The van der Waals surface area contributed by atoms with E-state index in [0.717, 1.165) is 37.9 Å². The Bertz CT molecular complexity index is 536. The molecule has 1 aromatic carbocycles. The standard InChI is InChI=1S/C20H30N2O/c1-15(2)22-13-12-18(14-22)20(19(21)23,17-10-6-7-11-17)16-8-4-3-5-9-16/h3-5,8-9,15,17-18H,6-7,10-14H2,1-2H3,(H2,21,23)/t18-,20+/m1/s1.